The van der Waals surface area contributed by atoms with E-state index >= 15 is 0 Å². The number of pyridine rings is 1. The fourth-order valence-electron chi connectivity index (χ4n) is 18.1. The van der Waals surface area contributed by atoms with Crippen molar-refractivity contribution >= 4 is 87.2 Å². The van der Waals surface area contributed by atoms with Gasteiger partial charge in [-0.2, -0.15) is 0 Å². The van der Waals surface area contributed by atoms with Crippen LogP contribution in [-0.4, -0.2) is 43.2 Å². The third-order valence-corrected chi connectivity index (χ3v) is 23.3. The minimum atomic E-state index is -0.128. The molecule has 0 radical (unpaired) electrons. The zero-order valence-electron chi connectivity index (χ0n) is 63.1. The molecular weight excluding hydrogens is 1400 g/mol. The number of fused-ring (bicyclic) bond motifs is 13. The van der Waals surface area contributed by atoms with E-state index in [1.165, 1.54) is 55.3 Å². The summed E-state index contributed by atoms with van der Waals surface area (Å²) in [6.45, 7) is 4.67. The molecular formula is C106H71N9. The third kappa shape index (κ3) is 11.0. The molecule has 0 bridgehead atoms. The first kappa shape index (κ1) is 66.8. The Balaban J connectivity index is 0.000000140. The monoisotopic (exact) mass is 1470 g/mol. The van der Waals surface area contributed by atoms with Crippen LogP contribution in [0, 0.1) is 0 Å². The van der Waals surface area contributed by atoms with Crippen molar-refractivity contribution in [2.45, 2.75) is 19.3 Å². The van der Waals surface area contributed by atoms with Gasteiger partial charge in [-0.25, -0.2) is 19.9 Å². The smallest absolute Gasteiger partial charge is 0.235 e. The van der Waals surface area contributed by atoms with Gasteiger partial charge in [-0.3, -0.25) is 14.1 Å². The van der Waals surface area contributed by atoms with E-state index in [0.717, 1.165) is 144 Å². The van der Waals surface area contributed by atoms with Gasteiger partial charge in [0.2, 0.25) is 11.9 Å². The molecule has 23 rings (SSSR count). The van der Waals surface area contributed by atoms with Crippen molar-refractivity contribution in [1.82, 2.24) is 43.2 Å². The second kappa shape index (κ2) is 27.1. The molecule has 0 fully saturated rings. The Morgan fingerprint density at radius 2 is 0.617 bits per heavy atom. The van der Waals surface area contributed by atoms with Gasteiger partial charge < -0.3 is 9.13 Å². The highest BCUT2D eigenvalue weighted by molar-refractivity contribution is 6.20. The second-order valence-corrected chi connectivity index (χ2v) is 30.2. The topological polar surface area (TPSA) is 84.2 Å². The summed E-state index contributed by atoms with van der Waals surface area (Å²) in [6, 6.07) is 138. The molecule has 0 aliphatic heterocycles. The second-order valence-electron chi connectivity index (χ2n) is 30.2. The molecule has 9 nitrogen and oxygen atoms in total. The Morgan fingerprint density at radius 1 is 0.235 bits per heavy atom. The van der Waals surface area contributed by atoms with Crippen LogP contribution in [0.3, 0.4) is 0 Å². The minimum absolute atomic E-state index is 0.128. The summed E-state index contributed by atoms with van der Waals surface area (Å²) in [4.78, 5) is 26.2. The number of nitrogens with zero attached hydrogens (tertiary/aromatic N) is 9. The van der Waals surface area contributed by atoms with Gasteiger partial charge in [0.1, 0.15) is 0 Å². The van der Waals surface area contributed by atoms with Gasteiger partial charge in [0.05, 0.1) is 72.6 Å². The summed E-state index contributed by atoms with van der Waals surface area (Å²) in [5, 5.41) is 9.02. The van der Waals surface area contributed by atoms with Gasteiger partial charge in [0, 0.05) is 93.9 Å². The first-order chi connectivity index (χ1) is 56.8. The van der Waals surface area contributed by atoms with Crippen LogP contribution < -0.4 is 0 Å². The van der Waals surface area contributed by atoms with Gasteiger partial charge in [0.25, 0.3) is 0 Å². The Bertz CT molecular complexity index is 7560. The fraction of sp³-hybridized carbons (Fsp3) is 0.0283. The molecule has 22 aromatic rings. The standard InChI is InChI=1S/C55H38N4.C51H33N5/c1-55(2)45-27-15-12-24-39(45)40-31-30-37(32-46(40)55)52-42-26-13-16-28-47(42)56-54(57-52)59-48-29-17-14-25-41(48)43-33-44-50(34-49(43)59)58(38-22-10-5-11-23-38)53(36-20-8-4-9-21-36)51(44)35-18-6-3-7-19-35;1-4-16-35(17-5-1)48-42-32-41-39-22-11-13-26-45(39)56(46(41)33-47(42)55(38-20-8-3-9-21-38)50(48)37-18-6-2-7-19-37)51-53-44-25-12-10-23-40(44)49(54-51)36-29-27-34(28-30-36)43-24-14-15-31-52-43/h3-34H,1-2H3;1-33H. The quantitative estimate of drug-likeness (QED) is 0.129. The average molecular weight is 1470 g/mol. The van der Waals surface area contributed by atoms with Crippen molar-refractivity contribution < 1.29 is 0 Å². The highest BCUT2D eigenvalue weighted by atomic mass is 15.2. The van der Waals surface area contributed by atoms with Gasteiger partial charge in [-0.1, -0.05) is 311 Å². The maximum atomic E-state index is 5.56. The number of para-hydroxylation sites is 6. The molecule has 0 N–H and O–H groups in total. The molecule has 1 aliphatic rings. The SMILES string of the molecule is CC1(C)c2ccccc2-c2ccc(-c3nc(-n4c5ccccc5c5cc6c(-c7ccccc7)c(-c7ccccc7)n(-c7ccccc7)c6cc54)nc4ccccc34)cc21.c1ccc(-c2c(-c3ccccc3)n(-c3ccccc3)c3cc4c(cc23)c2ccccc2n4-c2nc(-c3ccc(-c4ccccn4)cc3)c3ccccc3n2)cc1. The Morgan fingerprint density at radius 3 is 1.10 bits per heavy atom. The van der Waals surface area contributed by atoms with Crippen molar-refractivity contribution in [3.63, 3.8) is 0 Å². The molecule has 540 valence electrons. The summed E-state index contributed by atoms with van der Waals surface area (Å²) >= 11 is 0. The van der Waals surface area contributed by atoms with E-state index in [1.807, 2.05) is 30.5 Å². The number of hydrogen-bond donors (Lipinski definition) is 0. The first-order valence-electron chi connectivity index (χ1n) is 39.2. The van der Waals surface area contributed by atoms with Crippen molar-refractivity contribution in [1.29, 1.82) is 0 Å². The molecule has 9 heteroatoms. The van der Waals surface area contributed by atoms with Crippen LogP contribution in [0.1, 0.15) is 25.0 Å². The van der Waals surface area contributed by atoms with Crippen molar-refractivity contribution in [3.8, 4) is 113 Å². The van der Waals surface area contributed by atoms with E-state index in [-0.39, 0.29) is 5.41 Å². The molecule has 115 heavy (non-hydrogen) atoms. The van der Waals surface area contributed by atoms with Crippen LogP contribution in [-0.2, 0) is 5.41 Å². The van der Waals surface area contributed by atoms with E-state index < -0.39 is 0 Å². The predicted molar refractivity (Wildman–Crippen MR) is 475 cm³/mol. The lowest BCUT2D eigenvalue weighted by molar-refractivity contribution is 0.660. The van der Waals surface area contributed by atoms with Gasteiger partial charge >= 0.3 is 0 Å². The van der Waals surface area contributed by atoms with E-state index in [0.29, 0.717) is 11.9 Å². The summed E-state index contributed by atoms with van der Waals surface area (Å²) in [5.74, 6) is 1.28. The lowest BCUT2D eigenvalue weighted by Crippen LogP contribution is -2.15. The van der Waals surface area contributed by atoms with Gasteiger partial charge in [0.15, 0.2) is 0 Å². The van der Waals surface area contributed by atoms with Gasteiger partial charge in [-0.05, 0) is 136 Å². The molecule has 0 unspecified atom stereocenters. The lowest BCUT2D eigenvalue weighted by atomic mass is 9.82. The highest BCUT2D eigenvalue weighted by Crippen LogP contribution is 2.52. The van der Waals surface area contributed by atoms with E-state index in [2.05, 4.69) is 401 Å². The molecule has 15 aromatic carbocycles. The maximum absolute atomic E-state index is 5.56. The molecule has 0 saturated carbocycles. The van der Waals surface area contributed by atoms with Crippen LogP contribution in [0.25, 0.3) is 200 Å². The van der Waals surface area contributed by atoms with Crippen molar-refractivity contribution in [2.24, 2.45) is 0 Å². The van der Waals surface area contributed by atoms with Crippen LogP contribution in [0.15, 0.2) is 394 Å². The number of benzene rings is 15. The lowest BCUT2D eigenvalue weighted by Gasteiger charge is -2.22. The molecule has 1 aliphatic carbocycles. The zero-order chi connectivity index (χ0) is 76.2. The fourth-order valence-corrected chi connectivity index (χ4v) is 18.1. The molecule has 0 atom stereocenters. The maximum Gasteiger partial charge on any atom is 0.235 e. The van der Waals surface area contributed by atoms with Gasteiger partial charge in [-0.15, -0.1) is 0 Å². The summed E-state index contributed by atoms with van der Waals surface area (Å²) in [7, 11) is 0. The summed E-state index contributed by atoms with van der Waals surface area (Å²) in [5.41, 5.74) is 30.9. The van der Waals surface area contributed by atoms with Crippen LogP contribution >= 0.6 is 0 Å². The van der Waals surface area contributed by atoms with E-state index in [4.69, 9.17) is 19.9 Å². The number of aromatic nitrogens is 9. The van der Waals surface area contributed by atoms with Crippen LogP contribution in [0.4, 0.5) is 0 Å². The average Bonchev–Trinajstić information content (AvgIpc) is 1.55. The van der Waals surface area contributed by atoms with E-state index in [9.17, 15) is 0 Å². The van der Waals surface area contributed by atoms with E-state index in [1.54, 1.807) is 0 Å². The van der Waals surface area contributed by atoms with Crippen LogP contribution in [0.5, 0.6) is 0 Å². The van der Waals surface area contributed by atoms with Crippen molar-refractivity contribution in [2.75, 3.05) is 0 Å². The molecule has 0 amide bonds. The van der Waals surface area contributed by atoms with Crippen LogP contribution in [0.2, 0.25) is 0 Å². The largest absolute Gasteiger partial charge is 0.309 e. The summed E-state index contributed by atoms with van der Waals surface area (Å²) < 4.78 is 9.38. The molecule has 0 spiro atoms. The molecule has 0 saturated heterocycles. The Hall–Kier alpha value is -15.2. The normalized spacial score (nSPS) is 12.3. The molecule has 7 heterocycles. The Labute approximate surface area is 663 Å². The third-order valence-electron chi connectivity index (χ3n) is 23.3. The minimum Gasteiger partial charge on any atom is -0.309 e. The highest BCUT2D eigenvalue weighted by Gasteiger charge is 2.36. The number of hydrogen-bond acceptors (Lipinski definition) is 5. The predicted octanol–water partition coefficient (Wildman–Crippen LogP) is 26.7. The molecule has 7 aromatic heterocycles. The Kier molecular flexibility index (Phi) is 15.7. The zero-order valence-corrected chi connectivity index (χ0v) is 63.1. The summed E-state index contributed by atoms with van der Waals surface area (Å²) in [6.07, 6.45) is 1.83. The van der Waals surface area contributed by atoms with Crippen molar-refractivity contribution in [3.05, 3.63) is 406 Å². The first-order valence-corrected chi connectivity index (χ1v) is 39.2. The number of rotatable bonds is 11.